The monoisotopic (exact) mass is 382 g/mol. The second kappa shape index (κ2) is 6.66. The van der Waals surface area contributed by atoms with Gasteiger partial charge in [0.05, 0.1) is 5.25 Å². The van der Waals surface area contributed by atoms with E-state index in [1.807, 2.05) is 37.3 Å². The van der Waals surface area contributed by atoms with Crippen LogP contribution < -0.4 is 5.32 Å². The van der Waals surface area contributed by atoms with E-state index in [0.29, 0.717) is 5.16 Å². The van der Waals surface area contributed by atoms with Crippen LogP contribution in [0.4, 0.5) is 0 Å². The molecule has 4 saturated carbocycles. The highest BCUT2D eigenvalue weighted by atomic mass is 32.2. The summed E-state index contributed by atoms with van der Waals surface area (Å²) in [6.07, 6.45) is 7.71. The minimum absolute atomic E-state index is 0.0643. The summed E-state index contributed by atoms with van der Waals surface area (Å²) in [6, 6.07) is 9.93. The Balaban J connectivity index is 1.23. The molecule has 1 atom stereocenters. The van der Waals surface area contributed by atoms with E-state index < -0.39 is 0 Å². The molecule has 0 aliphatic heterocycles. The van der Waals surface area contributed by atoms with E-state index in [9.17, 15) is 4.79 Å². The molecule has 0 spiro atoms. The van der Waals surface area contributed by atoms with Gasteiger partial charge in [-0.05, 0) is 63.2 Å². The predicted molar refractivity (Wildman–Crippen MR) is 106 cm³/mol. The van der Waals surface area contributed by atoms with E-state index >= 15 is 0 Å². The molecule has 2 aromatic rings. The lowest BCUT2D eigenvalue weighted by Gasteiger charge is -2.57. The Labute approximate surface area is 164 Å². The van der Waals surface area contributed by atoms with Gasteiger partial charge < -0.3 is 5.32 Å². The zero-order valence-corrected chi connectivity index (χ0v) is 16.5. The molecule has 0 unspecified atom stereocenters. The zero-order chi connectivity index (χ0) is 18.4. The fourth-order valence-corrected chi connectivity index (χ4v) is 6.59. The van der Waals surface area contributed by atoms with Gasteiger partial charge in [0, 0.05) is 11.1 Å². The lowest BCUT2D eigenvalue weighted by molar-refractivity contribution is -0.126. The first-order valence-corrected chi connectivity index (χ1v) is 10.9. The van der Waals surface area contributed by atoms with Crippen molar-refractivity contribution in [3.8, 4) is 11.4 Å². The number of benzene rings is 1. The first-order chi connectivity index (χ1) is 13.1. The number of H-pyrrole nitrogens is 1. The summed E-state index contributed by atoms with van der Waals surface area (Å²) in [5.74, 6) is 3.38. The molecular formula is C21H26N4OS. The predicted octanol–water partition coefficient (Wildman–Crippen LogP) is 4.04. The summed E-state index contributed by atoms with van der Waals surface area (Å²) in [5.41, 5.74) is 1.07. The Morgan fingerprint density at radius 2 is 1.78 bits per heavy atom. The molecular weight excluding hydrogens is 356 g/mol. The number of carbonyl (C=O) groups excluding carboxylic acids is 1. The van der Waals surface area contributed by atoms with Crippen molar-refractivity contribution in [3.63, 3.8) is 0 Å². The highest BCUT2D eigenvalue weighted by molar-refractivity contribution is 8.00. The summed E-state index contributed by atoms with van der Waals surface area (Å²) in [4.78, 5) is 17.5. The molecule has 1 aromatic heterocycles. The number of carbonyl (C=O) groups is 1. The van der Waals surface area contributed by atoms with Crippen molar-refractivity contribution >= 4 is 17.7 Å². The molecule has 0 saturated heterocycles. The van der Waals surface area contributed by atoms with E-state index in [-0.39, 0.29) is 16.7 Å². The lowest BCUT2D eigenvalue weighted by atomic mass is 9.53. The summed E-state index contributed by atoms with van der Waals surface area (Å²) >= 11 is 1.43. The van der Waals surface area contributed by atoms with Crippen LogP contribution in [0.1, 0.15) is 45.4 Å². The quantitative estimate of drug-likeness (QED) is 0.766. The lowest BCUT2D eigenvalue weighted by Crippen LogP contribution is -2.60. The molecule has 1 amide bonds. The minimum Gasteiger partial charge on any atom is -0.350 e. The maximum atomic E-state index is 12.9. The van der Waals surface area contributed by atoms with Crippen molar-refractivity contribution < 1.29 is 4.79 Å². The average Bonchev–Trinajstić information content (AvgIpc) is 3.09. The third-order valence-corrected chi connectivity index (χ3v) is 7.55. The van der Waals surface area contributed by atoms with Gasteiger partial charge in [0.2, 0.25) is 11.1 Å². The van der Waals surface area contributed by atoms with Crippen LogP contribution in [0.25, 0.3) is 11.4 Å². The van der Waals surface area contributed by atoms with Crippen LogP contribution >= 0.6 is 11.8 Å². The standard InChI is InChI=1S/C21H26N4OS/c1-13(27-20-22-18(24-25-20)17-5-3-2-4-6-17)19(26)23-21-10-14-7-15(11-21)9-16(8-14)12-21/h2-6,13-16H,7-12H2,1H3,(H,23,26)(H,22,24,25)/t13-,14?,15?,16?,21?/m1/s1. The largest absolute Gasteiger partial charge is 0.350 e. The fraction of sp³-hybridized carbons (Fsp3) is 0.571. The molecule has 2 N–H and O–H groups in total. The fourth-order valence-electron chi connectivity index (χ4n) is 5.86. The maximum Gasteiger partial charge on any atom is 0.233 e. The molecule has 4 aliphatic carbocycles. The van der Waals surface area contributed by atoms with Crippen LogP contribution in [-0.4, -0.2) is 31.9 Å². The minimum atomic E-state index is -0.197. The third-order valence-electron chi connectivity index (χ3n) is 6.59. The number of aromatic nitrogens is 3. The Kier molecular flexibility index (Phi) is 4.26. The number of nitrogens with zero attached hydrogens (tertiary/aromatic N) is 2. The molecule has 1 aromatic carbocycles. The van der Waals surface area contributed by atoms with Gasteiger partial charge in [-0.25, -0.2) is 4.98 Å². The normalized spacial score (nSPS) is 32.4. The second-order valence-electron chi connectivity index (χ2n) is 8.78. The number of rotatable bonds is 5. The van der Waals surface area contributed by atoms with Gasteiger partial charge in [0.1, 0.15) is 0 Å². The van der Waals surface area contributed by atoms with Crippen molar-refractivity contribution in [1.82, 2.24) is 20.5 Å². The number of nitrogens with one attached hydrogen (secondary N) is 2. The van der Waals surface area contributed by atoms with E-state index in [1.165, 1.54) is 50.3 Å². The van der Waals surface area contributed by atoms with Crippen molar-refractivity contribution in [1.29, 1.82) is 0 Å². The van der Waals surface area contributed by atoms with Gasteiger partial charge in [-0.2, -0.15) is 0 Å². The Morgan fingerprint density at radius 1 is 1.15 bits per heavy atom. The van der Waals surface area contributed by atoms with Crippen LogP contribution in [0.5, 0.6) is 0 Å². The van der Waals surface area contributed by atoms with Crippen LogP contribution in [0.15, 0.2) is 35.5 Å². The molecule has 1 heterocycles. The van der Waals surface area contributed by atoms with Gasteiger partial charge >= 0.3 is 0 Å². The van der Waals surface area contributed by atoms with Crippen LogP contribution in [0.3, 0.4) is 0 Å². The van der Waals surface area contributed by atoms with Gasteiger partial charge in [0.25, 0.3) is 0 Å². The molecule has 142 valence electrons. The third kappa shape index (κ3) is 3.40. The van der Waals surface area contributed by atoms with Gasteiger partial charge in [0.15, 0.2) is 5.82 Å². The van der Waals surface area contributed by atoms with Crippen LogP contribution in [0.2, 0.25) is 0 Å². The summed E-state index contributed by atoms with van der Waals surface area (Å²) < 4.78 is 0. The molecule has 4 fully saturated rings. The number of aromatic amines is 1. The van der Waals surface area contributed by atoms with Gasteiger partial charge in [-0.1, -0.05) is 42.1 Å². The van der Waals surface area contributed by atoms with E-state index in [0.717, 1.165) is 29.1 Å². The Hall–Kier alpha value is -1.82. The number of hydrogen-bond donors (Lipinski definition) is 2. The smallest absolute Gasteiger partial charge is 0.233 e. The number of thioether (sulfide) groups is 1. The molecule has 27 heavy (non-hydrogen) atoms. The Morgan fingerprint density at radius 3 is 2.41 bits per heavy atom. The van der Waals surface area contributed by atoms with E-state index in [1.54, 1.807) is 0 Å². The highest BCUT2D eigenvalue weighted by Crippen LogP contribution is 2.55. The van der Waals surface area contributed by atoms with E-state index in [2.05, 4.69) is 20.5 Å². The Bertz CT molecular complexity index is 798. The first-order valence-electron chi connectivity index (χ1n) is 10.0. The molecule has 0 radical (unpaired) electrons. The molecule has 5 nitrogen and oxygen atoms in total. The molecule has 4 bridgehead atoms. The van der Waals surface area contributed by atoms with Gasteiger partial charge in [-0.15, -0.1) is 5.10 Å². The molecule has 4 aliphatic rings. The average molecular weight is 383 g/mol. The van der Waals surface area contributed by atoms with Crippen LogP contribution in [-0.2, 0) is 4.79 Å². The van der Waals surface area contributed by atoms with Crippen LogP contribution in [0, 0.1) is 17.8 Å². The van der Waals surface area contributed by atoms with E-state index in [4.69, 9.17) is 0 Å². The molecule has 6 rings (SSSR count). The first kappa shape index (κ1) is 17.3. The molecule has 6 heteroatoms. The second-order valence-corrected chi connectivity index (χ2v) is 10.1. The summed E-state index contributed by atoms with van der Waals surface area (Å²) in [7, 11) is 0. The number of amides is 1. The summed E-state index contributed by atoms with van der Waals surface area (Å²) in [6.45, 7) is 1.96. The van der Waals surface area contributed by atoms with Crippen molar-refractivity contribution in [2.45, 2.75) is 61.4 Å². The van der Waals surface area contributed by atoms with Crippen molar-refractivity contribution in [2.75, 3.05) is 0 Å². The maximum absolute atomic E-state index is 12.9. The topological polar surface area (TPSA) is 70.7 Å². The SMILES string of the molecule is C[C@@H](Sc1n[nH]c(-c2ccccc2)n1)C(=O)NC12CC3CC(CC(C3)C1)C2. The number of hydrogen-bond acceptors (Lipinski definition) is 4. The summed E-state index contributed by atoms with van der Waals surface area (Å²) in [5, 5.41) is 11.2. The van der Waals surface area contributed by atoms with Crippen molar-refractivity contribution in [3.05, 3.63) is 30.3 Å². The highest BCUT2D eigenvalue weighted by Gasteiger charge is 2.51. The van der Waals surface area contributed by atoms with Crippen molar-refractivity contribution in [2.24, 2.45) is 17.8 Å². The zero-order valence-electron chi connectivity index (χ0n) is 15.6. The van der Waals surface area contributed by atoms with Gasteiger partial charge in [-0.3, -0.25) is 9.89 Å².